The summed E-state index contributed by atoms with van der Waals surface area (Å²) in [4.78, 5) is 0. The van der Waals surface area contributed by atoms with E-state index in [-0.39, 0.29) is 0 Å². The van der Waals surface area contributed by atoms with Gasteiger partial charge >= 0.3 is 0 Å². The van der Waals surface area contributed by atoms with E-state index in [1.54, 1.807) is 6.33 Å². The van der Waals surface area contributed by atoms with Crippen molar-refractivity contribution >= 4 is 0 Å². The second kappa shape index (κ2) is 5.59. The Morgan fingerprint density at radius 3 is 2.76 bits per heavy atom. The van der Waals surface area contributed by atoms with Crippen molar-refractivity contribution in [3.8, 4) is 0 Å². The molecule has 2 aromatic rings. The fourth-order valence-corrected chi connectivity index (χ4v) is 1.78. The minimum Gasteiger partial charge on any atom is -0.317 e. The maximum atomic E-state index is 4.10. The molecule has 0 radical (unpaired) electrons. The summed E-state index contributed by atoms with van der Waals surface area (Å²) >= 11 is 0. The summed E-state index contributed by atoms with van der Waals surface area (Å²) in [5.41, 5.74) is 1.29. The number of rotatable bonds is 5. The highest BCUT2D eigenvalue weighted by Gasteiger charge is 2.07. The van der Waals surface area contributed by atoms with Gasteiger partial charge in [-0.15, -0.1) is 10.2 Å². The summed E-state index contributed by atoms with van der Waals surface area (Å²) < 4.78 is 2.05. The average Bonchev–Trinajstić information content (AvgIpc) is 2.84. The number of aryl methyl sites for hydroxylation is 1. The van der Waals surface area contributed by atoms with E-state index in [1.165, 1.54) is 5.56 Å². The minimum atomic E-state index is 0.318. The lowest BCUT2D eigenvalue weighted by Crippen LogP contribution is -2.20. The number of nitrogens with one attached hydrogen (secondary N) is 1. The van der Waals surface area contributed by atoms with E-state index in [0.717, 1.165) is 18.9 Å². The molecule has 90 valence electrons. The first-order valence-electron chi connectivity index (χ1n) is 5.96. The molecule has 1 N–H and O–H groups in total. The van der Waals surface area contributed by atoms with Gasteiger partial charge in [-0.1, -0.05) is 30.3 Å². The fourth-order valence-electron chi connectivity index (χ4n) is 1.78. The number of aromatic nitrogens is 3. The van der Waals surface area contributed by atoms with Gasteiger partial charge in [-0.25, -0.2) is 0 Å². The summed E-state index contributed by atoms with van der Waals surface area (Å²) in [5, 5.41) is 11.5. The third-order valence-electron chi connectivity index (χ3n) is 2.90. The lowest BCUT2D eigenvalue weighted by molar-refractivity contribution is 0.539. The molecule has 0 fully saturated rings. The molecule has 2 rings (SSSR count). The average molecular weight is 230 g/mol. The van der Waals surface area contributed by atoms with Crippen LogP contribution < -0.4 is 5.32 Å². The third-order valence-corrected chi connectivity index (χ3v) is 2.90. The van der Waals surface area contributed by atoms with Crippen LogP contribution in [-0.2, 0) is 13.1 Å². The molecule has 4 heteroatoms. The lowest BCUT2D eigenvalue weighted by atomic mass is 10.1. The molecule has 1 heterocycles. The zero-order chi connectivity index (χ0) is 12.1. The number of nitrogens with zero attached hydrogens (tertiary/aromatic N) is 3. The molecular formula is C13H18N4. The van der Waals surface area contributed by atoms with Crippen LogP contribution in [0.1, 0.15) is 31.3 Å². The van der Waals surface area contributed by atoms with Crippen LogP contribution in [0.15, 0.2) is 36.7 Å². The summed E-state index contributed by atoms with van der Waals surface area (Å²) in [5.74, 6) is 0.982. The first-order chi connectivity index (χ1) is 8.31. The normalized spacial score (nSPS) is 12.6. The van der Waals surface area contributed by atoms with Gasteiger partial charge < -0.3 is 9.88 Å². The first-order valence-corrected chi connectivity index (χ1v) is 5.96. The molecule has 1 aromatic carbocycles. The number of benzene rings is 1. The quantitative estimate of drug-likeness (QED) is 0.855. The topological polar surface area (TPSA) is 42.7 Å². The molecule has 0 saturated heterocycles. The van der Waals surface area contributed by atoms with Gasteiger partial charge in [-0.3, -0.25) is 0 Å². The SMILES string of the molecule is CCn1cnnc1CNC(C)c1ccccc1. The second-order valence-electron chi connectivity index (χ2n) is 4.05. The van der Waals surface area contributed by atoms with Gasteiger partial charge in [-0.05, 0) is 19.4 Å². The van der Waals surface area contributed by atoms with E-state index in [1.807, 2.05) is 10.6 Å². The van der Waals surface area contributed by atoms with Gasteiger partial charge in [-0.2, -0.15) is 0 Å². The van der Waals surface area contributed by atoms with Crippen LogP contribution in [0.4, 0.5) is 0 Å². The molecule has 0 aliphatic heterocycles. The van der Waals surface area contributed by atoms with Crippen LogP contribution in [0.2, 0.25) is 0 Å². The molecule has 1 unspecified atom stereocenters. The molecule has 0 aliphatic carbocycles. The molecule has 17 heavy (non-hydrogen) atoms. The zero-order valence-electron chi connectivity index (χ0n) is 10.3. The molecule has 0 amide bonds. The van der Waals surface area contributed by atoms with Crippen LogP contribution in [0, 0.1) is 0 Å². The third kappa shape index (κ3) is 2.91. The van der Waals surface area contributed by atoms with Crippen molar-refractivity contribution in [3.63, 3.8) is 0 Å². The van der Waals surface area contributed by atoms with Gasteiger partial charge in [0, 0.05) is 12.6 Å². The van der Waals surface area contributed by atoms with E-state index in [4.69, 9.17) is 0 Å². The van der Waals surface area contributed by atoms with E-state index < -0.39 is 0 Å². The first kappa shape index (κ1) is 11.8. The molecule has 0 saturated carbocycles. The molecule has 1 atom stereocenters. The van der Waals surface area contributed by atoms with E-state index in [9.17, 15) is 0 Å². The van der Waals surface area contributed by atoms with Gasteiger partial charge in [0.05, 0.1) is 6.54 Å². The van der Waals surface area contributed by atoms with E-state index in [0.29, 0.717) is 6.04 Å². The van der Waals surface area contributed by atoms with Crippen molar-refractivity contribution in [2.24, 2.45) is 0 Å². The molecule has 1 aromatic heterocycles. The van der Waals surface area contributed by atoms with Crippen molar-refractivity contribution in [1.82, 2.24) is 20.1 Å². The molecule has 0 bridgehead atoms. The van der Waals surface area contributed by atoms with Gasteiger partial charge in [0.2, 0.25) is 0 Å². The summed E-state index contributed by atoms with van der Waals surface area (Å²) in [6, 6.07) is 10.7. The predicted octanol–water partition coefficient (Wildman–Crippen LogP) is 2.15. The number of hydrogen-bond acceptors (Lipinski definition) is 3. The van der Waals surface area contributed by atoms with Crippen LogP contribution in [0.3, 0.4) is 0 Å². The van der Waals surface area contributed by atoms with Gasteiger partial charge in [0.25, 0.3) is 0 Å². The molecular weight excluding hydrogens is 212 g/mol. The maximum Gasteiger partial charge on any atom is 0.146 e. The Labute approximate surface area is 102 Å². The van der Waals surface area contributed by atoms with E-state index in [2.05, 4.69) is 53.6 Å². The molecule has 4 nitrogen and oxygen atoms in total. The summed E-state index contributed by atoms with van der Waals surface area (Å²) in [6.45, 7) is 5.89. The molecule has 0 aliphatic rings. The van der Waals surface area contributed by atoms with Crippen LogP contribution in [0.25, 0.3) is 0 Å². The highest BCUT2D eigenvalue weighted by atomic mass is 15.3. The van der Waals surface area contributed by atoms with Crippen LogP contribution in [0.5, 0.6) is 0 Å². The maximum absolute atomic E-state index is 4.10. The Kier molecular flexibility index (Phi) is 3.88. The summed E-state index contributed by atoms with van der Waals surface area (Å²) in [7, 11) is 0. The van der Waals surface area contributed by atoms with Crippen LogP contribution in [-0.4, -0.2) is 14.8 Å². The largest absolute Gasteiger partial charge is 0.317 e. The Morgan fingerprint density at radius 1 is 1.29 bits per heavy atom. The summed E-state index contributed by atoms with van der Waals surface area (Å²) in [6.07, 6.45) is 1.77. The van der Waals surface area contributed by atoms with Crippen LogP contribution >= 0.6 is 0 Å². The Bertz CT molecular complexity index is 449. The van der Waals surface area contributed by atoms with Gasteiger partial charge in [0.15, 0.2) is 0 Å². The minimum absolute atomic E-state index is 0.318. The Balaban J connectivity index is 1.95. The van der Waals surface area contributed by atoms with Crippen molar-refractivity contribution < 1.29 is 0 Å². The number of hydrogen-bond donors (Lipinski definition) is 1. The highest BCUT2D eigenvalue weighted by Crippen LogP contribution is 2.11. The predicted molar refractivity (Wildman–Crippen MR) is 67.4 cm³/mol. The lowest BCUT2D eigenvalue weighted by Gasteiger charge is -2.13. The smallest absolute Gasteiger partial charge is 0.146 e. The highest BCUT2D eigenvalue weighted by molar-refractivity contribution is 5.18. The molecule has 0 spiro atoms. The Morgan fingerprint density at radius 2 is 2.06 bits per heavy atom. The second-order valence-corrected chi connectivity index (χ2v) is 4.05. The van der Waals surface area contributed by atoms with Gasteiger partial charge in [0.1, 0.15) is 12.2 Å². The van der Waals surface area contributed by atoms with Crippen molar-refractivity contribution in [1.29, 1.82) is 0 Å². The Hall–Kier alpha value is -1.68. The fraction of sp³-hybridized carbons (Fsp3) is 0.385. The van der Waals surface area contributed by atoms with Crippen molar-refractivity contribution in [3.05, 3.63) is 48.0 Å². The van der Waals surface area contributed by atoms with Crippen molar-refractivity contribution in [2.75, 3.05) is 0 Å². The zero-order valence-corrected chi connectivity index (χ0v) is 10.3. The monoisotopic (exact) mass is 230 g/mol. The van der Waals surface area contributed by atoms with Crippen molar-refractivity contribution in [2.45, 2.75) is 33.0 Å². The van der Waals surface area contributed by atoms with E-state index >= 15 is 0 Å². The standard InChI is InChI=1S/C13H18N4/c1-3-17-10-15-16-13(17)9-14-11(2)12-7-5-4-6-8-12/h4-8,10-11,14H,3,9H2,1-2H3.